The van der Waals surface area contributed by atoms with E-state index in [9.17, 15) is 0 Å². The summed E-state index contributed by atoms with van der Waals surface area (Å²) in [4.78, 5) is 0. The lowest BCUT2D eigenvalue weighted by atomic mass is 10.0. The van der Waals surface area contributed by atoms with Gasteiger partial charge in [-0.15, -0.1) is 0 Å². The topological polar surface area (TPSA) is 28.7 Å². The average Bonchev–Trinajstić information content (AvgIpc) is 2.22. The summed E-state index contributed by atoms with van der Waals surface area (Å²) in [6.45, 7) is 4.18. The summed E-state index contributed by atoms with van der Waals surface area (Å²) in [6, 6.07) is 8.31. The van der Waals surface area contributed by atoms with Crippen molar-refractivity contribution in [3.8, 4) is 11.1 Å². The lowest BCUT2D eigenvalue weighted by Crippen LogP contribution is -1.88. The molecule has 2 rings (SSSR count). The van der Waals surface area contributed by atoms with Crippen molar-refractivity contribution in [2.24, 2.45) is 0 Å². The number of nitrogens with one attached hydrogen (secondary N) is 1. The summed E-state index contributed by atoms with van der Waals surface area (Å²) < 4.78 is 0.661. The number of hydrogen-bond donors (Lipinski definition) is 1. The van der Waals surface area contributed by atoms with Crippen LogP contribution in [0.15, 0.2) is 30.5 Å². The molecule has 0 saturated carbocycles. The second-order valence-corrected chi connectivity index (χ2v) is 4.09. The van der Waals surface area contributed by atoms with Crippen molar-refractivity contribution in [1.82, 2.24) is 10.2 Å². The third-order valence-corrected chi connectivity index (χ3v) is 2.58. The molecule has 0 aliphatic carbocycles. The van der Waals surface area contributed by atoms with Crippen LogP contribution in [0.25, 0.3) is 11.1 Å². The molecule has 0 spiro atoms. The quantitative estimate of drug-likeness (QED) is 0.740. The smallest absolute Gasteiger partial charge is 0.120 e. The van der Waals surface area contributed by atoms with Crippen LogP contribution in [-0.4, -0.2) is 10.2 Å². The standard InChI is InChI=1S/C12H12N2S/c1-8-3-4-9(2)11(5-8)10-6-12(15)14-13-7-10/h3-7H,1-2H3,(H,14,15). The first kappa shape index (κ1) is 10.1. The summed E-state index contributed by atoms with van der Waals surface area (Å²) in [5.74, 6) is 0. The maximum Gasteiger partial charge on any atom is 0.120 e. The molecule has 0 radical (unpaired) electrons. The Morgan fingerprint density at radius 3 is 2.73 bits per heavy atom. The zero-order valence-corrected chi connectivity index (χ0v) is 9.56. The Labute approximate surface area is 94.0 Å². The molecule has 1 heterocycles. The number of aryl methyl sites for hydroxylation is 2. The molecule has 1 aromatic heterocycles. The summed E-state index contributed by atoms with van der Waals surface area (Å²) in [5, 5.41) is 6.74. The Kier molecular flexibility index (Phi) is 2.64. The van der Waals surface area contributed by atoms with Crippen molar-refractivity contribution >= 4 is 12.2 Å². The van der Waals surface area contributed by atoms with Crippen LogP contribution in [0.3, 0.4) is 0 Å². The van der Waals surface area contributed by atoms with Crippen LogP contribution in [-0.2, 0) is 0 Å². The molecule has 1 N–H and O–H groups in total. The highest BCUT2D eigenvalue weighted by Crippen LogP contribution is 2.23. The minimum atomic E-state index is 0.661. The van der Waals surface area contributed by atoms with Gasteiger partial charge in [0.15, 0.2) is 0 Å². The SMILES string of the molecule is Cc1ccc(C)c(-c2cn[nH]c(=S)c2)c1. The van der Waals surface area contributed by atoms with Crippen LogP contribution < -0.4 is 0 Å². The average molecular weight is 216 g/mol. The number of hydrogen-bond acceptors (Lipinski definition) is 2. The Balaban J connectivity index is 2.63. The largest absolute Gasteiger partial charge is 0.268 e. The van der Waals surface area contributed by atoms with E-state index in [1.54, 1.807) is 6.20 Å². The van der Waals surface area contributed by atoms with Crippen LogP contribution >= 0.6 is 12.2 Å². The normalized spacial score (nSPS) is 10.3. The minimum Gasteiger partial charge on any atom is -0.268 e. The number of rotatable bonds is 1. The minimum absolute atomic E-state index is 0.661. The molecule has 0 bridgehead atoms. The maximum atomic E-state index is 5.06. The fourth-order valence-electron chi connectivity index (χ4n) is 1.57. The molecule has 0 aliphatic rings. The van der Waals surface area contributed by atoms with Gasteiger partial charge in [0.2, 0.25) is 0 Å². The van der Waals surface area contributed by atoms with Gasteiger partial charge in [0.05, 0.1) is 6.20 Å². The molecule has 1 aromatic carbocycles. The van der Waals surface area contributed by atoms with Gasteiger partial charge in [-0.2, -0.15) is 5.10 Å². The van der Waals surface area contributed by atoms with Gasteiger partial charge in [-0.1, -0.05) is 36.0 Å². The lowest BCUT2D eigenvalue weighted by Gasteiger charge is -2.06. The van der Waals surface area contributed by atoms with Crippen LogP contribution in [0.4, 0.5) is 0 Å². The molecule has 0 unspecified atom stereocenters. The second-order valence-electron chi connectivity index (χ2n) is 3.65. The third kappa shape index (κ3) is 2.13. The zero-order valence-electron chi connectivity index (χ0n) is 8.74. The summed E-state index contributed by atoms with van der Waals surface area (Å²) in [5.41, 5.74) is 4.75. The number of benzene rings is 1. The first-order chi connectivity index (χ1) is 7.16. The highest BCUT2D eigenvalue weighted by atomic mass is 32.1. The van der Waals surface area contributed by atoms with E-state index in [1.807, 2.05) is 6.07 Å². The van der Waals surface area contributed by atoms with Crippen molar-refractivity contribution < 1.29 is 0 Å². The van der Waals surface area contributed by atoms with E-state index in [-0.39, 0.29) is 0 Å². The molecule has 2 aromatic rings. The monoisotopic (exact) mass is 216 g/mol. The number of aromatic nitrogens is 2. The van der Waals surface area contributed by atoms with E-state index in [1.165, 1.54) is 16.7 Å². The Morgan fingerprint density at radius 1 is 1.20 bits per heavy atom. The predicted molar refractivity (Wildman–Crippen MR) is 64.3 cm³/mol. The third-order valence-electron chi connectivity index (χ3n) is 2.37. The van der Waals surface area contributed by atoms with Crippen molar-refractivity contribution in [2.45, 2.75) is 13.8 Å². The highest BCUT2D eigenvalue weighted by molar-refractivity contribution is 7.71. The van der Waals surface area contributed by atoms with E-state index in [0.717, 1.165) is 5.56 Å². The van der Waals surface area contributed by atoms with Crippen LogP contribution in [0.5, 0.6) is 0 Å². The zero-order chi connectivity index (χ0) is 10.8. The maximum absolute atomic E-state index is 5.06. The van der Waals surface area contributed by atoms with Gasteiger partial charge < -0.3 is 0 Å². The van der Waals surface area contributed by atoms with E-state index in [4.69, 9.17) is 12.2 Å². The van der Waals surface area contributed by atoms with E-state index in [0.29, 0.717) is 4.64 Å². The highest BCUT2D eigenvalue weighted by Gasteiger charge is 2.02. The van der Waals surface area contributed by atoms with Gasteiger partial charge in [0, 0.05) is 5.56 Å². The van der Waals surface area contributed by atoms with Gasteiger partial charge in [-0.05, 0) is 31.0 Å². The first-order valence-corrected chi connectivity index (χ1v) is 5.20. The first-order valence-electron chi connectivity index (χ1n) is 4.79. The van der Waals surface area contributed by atoms with Crippen LogP contribution in [0.1, 0.15) is 11.1 Å². The van der Waals surface area contributed by atoms with Gasteiger partial charge in [-0.3, -0.25) is 5.10 Å². The van der Waals surface area contributed by atoms with E-state index >= 15 is 0 Å². The molecular formula is C12H12N2S. The molecule has 76 valence electrons. The molecule has 0 atom stereocenters. The molecule has 0 saturated heterocycles. The van der Waals surface area contributed by atoms with Gasteiger partial charge >= 0.3 is 0 Å². The summed E-state index contributed by atoms with van der Waals surface area (Å²) in [7, 11) is 0. The van der Waals surface area contributed by atoms with Crippen molar-refractivity contribution in [1.29, 1.82) is 0 Å². The number of H-pyrrole nitrogens is 1. The Hall–Kier alpha value is -1.48. The van der Waals surface area contributed by atoms with Crippen molar-refractivity contribution in [2.75, 3.05) is 0 Å². The Morgan fingerprint density at radius 2 is 2.00 bits per heavy atom. The molecule has 0 aliphatic heterocycles. The molecule has 2 nitrogen and oxygen atoms in total. The summed E-state index contributed by atoms with van der Waals surface area (Å²) >= 11 is 5.06. The van der Waals surface area contributed by atoms with Gasteiger partial charge in [0.1, 0.15) is 4.64 Å². The van der Waals surface area contributed by atoms with Crippen molar-refractivity contribution in [3.05, 3.63) is 46.2 Å². The fraction of sp³-hybridized carbons (Fsp3) is 0.167. The molecule has 0 amide bonds. The second kappa shape index (κ2) is 3.95. The molecule has 15 heavy (non-hydrogen) atoms. The summed E-state index contributed by atoms with van der Waals surface area (Å²) in [6.07, 6.45) is 1.80. The molecule has 0 fully saturated rings. The number of aromatic amines is 1. The molecule has 3 heteroatoms. The molecular weight excluding hydrogens is 204 g/mol. The lowest BCUT2D eigenvalue weighted by molar-refractivity contribution is 1.02. The van der Waals surface area contributed by atoms with Gasteiger partial charge in [-0.25, -0.2) is 0 Å². The van der Waals surface area contributed by atoms with E-state index < -0.39 is 0 Å². The van der Waals surface area contributed by atoms with E-state index in [2.05, 4.69) is 42.2 Å². The number of nitrogens with zero attached hydrogens (tertiary/aromatic N) is 1. The van der Waals surface area contributed by atoms with Crippen LogP contribution in [0, 0.1) is 18.5 Å². The van der Waals surface area contributed by atoms with Crippen LogP contribution in [0.2, 0.25) is 0 Å². The van der Waals surface area contributed by atoms with Gasteiger partial charge in [0.25, 0.3) is 0 Å². The Bertz CT molecular complexity index is 543. The fourth-order valence-corrected chi connectivity index (χ4v) is 1.75. The predicted octanol–water partition coefficient (Wildman–Crippen LogP) is 3.42. The van der Waals surface area contributed by atoms with Crippen molar-refractivity contribution in [3.63, 3.8) is 0 Å².